The lowest BCUT2D eigenvalue weighted by molar-refractivity contribution is -0.137. The molecule has 0 saturated heterocycles. The number of nitrogens with one attached hydrogen (secondary N) is 2. The molecule has 2 rings (SSSR count). The number of hydrogen-bond donors (Lipinski definition) is 2. The Hall–Kier alpha value is -1.32. The molecule has 0 aromatic heterocycles. The Labute approximate surface area is 127 Å². The van der Waals surface area contributed by atoms with Gasteiger partial charge >= 0.3 is 0 Å². The van der Waals surface area contributed by atoms with Crippen LogP contribution in [-0.4, -0.2) is 22.9 Å². The van der Waals surface area contributed by atoms with Crippen LogP contribution in [0.25, 0.3) is 0 Å². The third kappa shape index (κ3) is 3.66. The maximum atomic E-state index is 12.6. The van der Waals surface area contributed by atoms with Crippen molar-refractivity contribution in [1.82, 2.24) is 10.6 Å². The number of fused-ring (bicyclic) bond motifs is 2. The number of carbonyl (C=O) groups is 2. The summed E-state index contributed by atoms with van der Waals surface area (Å²) in [5, 5.41) is 6.08. The van der Waals surface area contributed by atoms with Crippen molar-refractivity contribution in [3.05, 3.63) is 12.2 Å². The Bertz CT molecular complexity index is 426. The lowest BCUT2D eigenvalue weighted by Crippen LogP contribution is -2.51. The Balaban J connectivity index is 2.17. The molecule has 4 heteroatoms. The molecule has 2 aliphatic rings. The molecule has 0 aromatic carbocycles. The van der Waals surface area contributed by atoms with Gasteiger partial charge in [0.25, 0.3) is 0 Å². The van der Waals surface area contributed by atoms with Crippen molar-refractivity contribution in [1.29, 1.82) is 0 Å². The fourth-order valence-corrected chi connectivity index (χ4v) is 3.44. The predicted molar refractivity (Wildman–Crippen MR) is 83.5 cm³/mol. The third-order valence-electron chi connectivity index (χ3n) is 4.06. The molecule has 0 radical (unpaired) electrons. The van der Waals surface area contributed by atoms with E-state index >= 15 is 0 Å². The maximum absolute atomic E-state index is 12.6. The number of amides is 2. The van der Waals surface area contributed by atoms with Crippen molar-refractivity contribution in [2.45, 2.75) is 59.0 Å². The van der Waals surface area contributed by atoms with Crippen LogP contribution in [0.1, 0.15) is 48.0 Å². The minimum absolute atomic E-state index is 0.00779. The van der Waals surface area contributed by atoms with Gasteiger partial charge in [-0.1, -0.05) is 12.2 Å². The molecule has 0 heterocycles. The number of rotatable bonds is 2. The molecule has 0 unspecified atom stereocenters. The highest BCUT2D eigenvalue weighted by Crippen LogP contribution is 2.48. The molecule has 0 spiro atoms. The normalized spacial score (nSPS) is 31.3. The standard InChI is InChI=1S/C17H28N2O2/c1-16(2,3)18-14(20)12-10-7-8-11(9-10)13(12)15(21)19-17(4,5)6/h7-8,10-13H,9H2,1-6H3,(H,18,20)(H,19,21)/t10-,11+,12-,13+. The smallest absolute Gasteiger partial charge is 0.224 e. The van der Waals surface area contributed by atoms with E-state index in [1.165, 1.54) is 0 Å². The van der Waals surface area contributed by atoms with E-state index in [2.05, 4.69) is 22.8 Å². The van der Waals surface area contributed by atoms with Crippen LogP contribution in [-0.2, 0) is 9.59 Å². The molecule has 2 amide bonds. The van der Waals surface area contributed by atoms with Crippen LogP contribution < -0.4 is 10.6 Å². The summed E-state index contributed by atoms with van der Waals surface area (Å²) >= 11 is 0. The molecule has 0 aliphatic heterocycles. The first-order valence-electron chi connectivity index (χ1n) is 7.80. The fourth-order valence-electron chi connectivity index (χ4n) is 3.44. The Morgan fingerprint density at radius 2 is 1.14 bits per heavy atom. The monoisotopic (exact) mass is 292 g/mol. The van der Waals surface area contributed by atoms with Gasteiger partial charge in [-0.2, -0.15) is 0 Å². The van der Waals surface area contributed by atoms with Crippen LogP contribution in [0.3, 0.4) is 0 Å². The summed E-state index contributed by atoms with van der Waals surface area (Å²) in [6.45, 7) is 11.8. The molecular weight excluding hydrogens is 264 g/mol. The van der Waals surface area contributed by atoms with Crippen LogP contribution in [0.2, 0.25) is 0 Å². The zero-order valence-electron chi connectivity index (χ0n) is 14.0. The van der Waals surface area contributed by atoms with Crippen molar-refractivity contribution in [2.24, 2.45) is 23.7 Å². The molecule has 2 aliphatic carbocycles. The molecule has 4 nitrogen and oxygen atoms in total. The predicted octanol–water partition coefficient (Wildman–Crippen LogP) is 2.25. The largest absolute Gasteiger partial charge is 0.351 e. The number of hydrogen-bond acceptors (Lipinski definition) is 2. The third-order valence-corrected chi connectivity index (χ3v) is 4.06. The van der Waals surface area contributed by atoms with Gasteiger partial charge < -0.3 is 10.6 Å². The zero-order valence-corrected chi connectivity index (χ0v) is 14.0. The SMILES string of the molecule is CC(C)(C)NC(=O)[C@@H]1[C@H](C(=O)NC(C)(C)C)[C@@H]2C=C[C@H]1C2. The topological polar surface area (TPSA) is 58.2 Å². The molecule has 1 saturated carbocycles. The lowest BCUT2D eigenvalue weighted by Gasteiger charge is -2.32. The van der Waals surface area contributed by atoms with Gasteiger partial charge in [-0.3, -0.25) is 9.59 Å². The van der Waals surface area contributed by atoms with Gasteiger partial charge in [0, 0.05) is 11.1 Å². The van der Waals surface area contributed by atoms with Gasteiger partial charge in [-0.15, -0.1) is 0 Å². The highest BCUT2D eigenvalue weighted by Gasteiger charge is 2.52. The van der Waals surface area contributed by atoms with Gasteiger partial charge in [0.15, 0.2) is 0 Å². The summed E-state index contributed by atoms with van der Waals surface area (Å²) in [5.41, 5.74) is -0.540. The molecule has 4 atom stereocenters. The number of allylic oxidation sites excluding steroid dienone is 2. The second-order valence-corrected chi connectivity index (χ2v) is 8.48. The van der Waals surface area contributed by atoms with E-state index in [1.807, 2.05) is 41.5 Å². The van der Waals surface area contributed by atoms with Gasteiger partial charge in [0.2, 0.25) is 11.8 Å². The van der Waals surface area contributed by atoms with Gasteiger partial charge in [0.1, 0.15) is 0 Å². The summed E-state index contributed by atoms with van der Waals surface area (Å²) in [5.74, 6) is -0.0499. The van der Waals surface area contributed by atoms with Crippen molar-refractivity contribution < 1.29 is 9.59 Å². The second kappa shape index (κ2) is 5.15. The Kier molecular flexibility index (Phi) is 3.94. The zero-order chi connectivity index (χ0) is 16.0. The maximum Gasteiger partial charge on any atom is 0.224 e. The van der Waals surface area contributed by atoms with Crippen molar-refractivity contribution >= 4 is 11.8 Å². The van der Waals surface area contributed by atoms with Crippen LogP contribution in [0.15, 0.2) is 12.2 Å². The average Bonchev–Trinajstić information content (AvgIpc) is 2.82. The van der Waals surface area contributed by atoms with Gasteiger partial charge in [-0.25, -0.2) is 0 Å². The summed E-state index contributed by atoms with van der Waals surface area (Å²) in [6, 6.07) is 0. The first-order valence-corrected chi connectivity index (χ1v) is 7.80. The molecule has 1 fully saturated rings. The van der Waals surface area contributed by atoms with E-state index in [-0.39, 0.29) is 46.6 Å². The first-order chi connectivity index (χ1) is 9.48. The molecule has 2 N–H and O–H groups in total. The van der Waals surface area contributed by atoms with Crippen LogP contribution >= 0.6 is 0 Å². The summed E-state index contributed by atoms with van der Waals surface area (Å²) < 4.78 is 0. The molecule has 2 bridgehead atoms. The number of carbonyl (C=O) groups excluding carboxylic acids is 2. The average molecular weight is 292 g/mol. The van der Waals surface area contributed by atoms with Crippen molar-refractivity contribution in [3.63, 3.8) is 0 Å². The second-order valence-electron chi connectivity index (χ2n) is 8.48. The van der Waals surface area contributed by atoms with E-state index in [0.29, 0.717) is 0 Å². The minimum atomic E-state index is -0.270. The fraction of sp³-hybridized carbons (Fsp3) is 0.765. The van der Waals surface area contributed by atoms with Crippen LogP contribution in [0, 0.1) is 23.7 Å². The highest BCUT2D eigenvalue weighted by molar-refractivity contribution is 5.90. The van der Waals surface area contributed by atoms with Crippen molar-refractivity contribution in [3.8, 4) is 0 Å². The Morgan fingerprint density at radius 3 is 1.43 bits per heavy atom. The van der Waals surface area contributed by atoms with E-state index in [0.717, 1.165) is 6.42 Å². The highest BCUT2D eigenvalue weighted by atomic mass is 16.2. The van der Waals surface area contributed by atoms with E-state index in [1.54, 1.807) is 0 Å². The van der Waals surface area contributed by atoms with Crippen molar-refractivity contribution in [2.75, 3.05) is 0 Å². The Morgan fingerprint density at radius 1 is 0.810 bits per heavy atom. The summed E-state index contributed by atoms with van der Waals surface area (Å²) in [4.78, 5) is 25.2. The van der Waals surface area contributed by atoms with Gasteiger partial charge in [0.05, 0.1) is 11.8 Å². The van der Waals surface area contributed by atoms with Crippen LogP contribution in [0.4, 0.5) is 0 Å². The first kappa shape index (κ1) is 16.1. The molecular formula is C17H28N2O2. The molecule has 118 valence electrons. The van der Waals surface area contributed by atoms with E-state index in [4.69, 9.17) is 0 Å². The van der Waals surface area contributed by atoms with Crippen LogP contribution in [0.5, 0.6) is 0 Å². The molecule has 21 heavy (non-hydrogen) atoms. The van der Waals surface area contributed by atoms with Gasteiger partial charge in [-0.05, 0) is 59.8 Å². The summed E-state index contributed by atoms with van der Waals surface area (Å²) in [6.07, 6.45) is 5.14. The minimum Gasteiger partial charge on any atom is -0.351 e. The lowest BCUT2D eigenvalue weighted by atomic mass is 9.81. The summed E-state index contributed by atoms with van der Waals surface area (Å²) in [7, 11) is 0. The van der Waals surface area contributed by atoms with E-state index < -0.39 is 0 Å². The molecule has 0 aromatic rings. The quantitative estimate of drug-likeness (QED) is 0.767. The van der Waals surface area contributed by atoms with E-state index in [9.17, 15) is 9.59 Å².